The molecule has 0 saturated heterocycles. The Morgan fingerprint density at radius 2 is 1.64 bits per heavy atom. The number of anilines is 1. The predicted octanol–water partition coefficient (Wildman–Crippen LogP) is 5.71. The van der Waals surface area contributed by atoms with Crippen LogP contribution in [0.25, 0.3) is 0 Å². The van der Waals surface area contributed by atoms with Crippen molar-refractivity contribution in [2.75, 3.05) is 26.1 Å². The standard InChI is InChI=1S/C17H20N2O3.C2H6O3P/c1-3-5-13-6-8-14(9-7-13)22-15-10-11-17(19(20)21)16(12-15)18-4-2;1-4-6(3)5-2/h6-12,18H,3-5H2,1-2H3;1-2H3/q;+1. The minimum atomic E-state index is -1.83. The zero-order valence-electron chi connectivity index (χ0n) is 16.5. The van der Waals surface area contributed by atoms with Crippen molar-refractivity contribution in [2.24, 2.45) is 0 Å². The van der Waals surface area contributed by atoms with Crippen LogP contribution in [0.15, 0.2) is 42.5 Å². The van der Waals surface area contributed by atoms with E-state index in [1.165, 1.54) is 25.8 Å². The lowest BCUT2D eigenvalue weighted by Crippen LogP contribution is -2.01. The fraction of sp³-hybridized carbons (Fsp3) is 0.368. The van der Waals surface area contributed by atoms with Crippen molar-refractivity contribution in [3.63, 3.8) is 0 Å². The van der Waals surface area contributed by atoms with E-state index >= 15 is 0 Å². The number of nitro groups is 1. The molecule has 2 aromatic carbocycles. The van der Waals surface area contributed by atoms with Crippen LogP contribution in [0.1, 0.15) is 25.8 Å². The van der Waals surface area contributed by atoms with E-state index in [4.69, 9.17) is 4.74 Å². The van der Waals surface area contributed by atoms with E-state index in [-0.39, 0.29) is 5.69 Å². The van der Waals surface area contributed by atoms with Crippen LogP contribution in [0.3, 0.4) is 0 Å². The number of ether oxygens (including phenoxy) is 1. The third-order valence-electron chi connectivity index (χ3n) is 3.53. The van der Waals surface area contributed by atoms with Gasteiger partial charge in [0.15, 0.2) is 0 Å². The number of hydrogen-bond acceptors (Lipinski definition) is 7. The van der Waals surface area contributed by atoms with Gasteiger partial charge in [-0.25, -0.2) is 0 Å². The first-order valence-electron chi connectivity index (χ1n) is 8.79. The maximum Gasteiger partial charge on any atom is 0.696 e. The number of hydrogen-bond donors (Lipinski definition) is 1. The molecule has 0 aliphatic carbocycles. The molecule has 152 valence electrons. The van der Waals surface area contributed by atoms with Gasteiger partial charge in [-0.3, -0.25) is 10.1 Å². The summed E-state index contributed by atoms with van der Waals surface area (Å²) in [5.74, 6) is 1.29. The summed E-state index contributed by atoms with van der Waals surface area (Å²) in [7, 11) is 0.817. The summed E-state index contributed by atoms with van der Waals surface area (Å²) in [6, 6.07) is 12.6. The number of rotatable bonds is 9. The number of nitrogens with one attached hydrogen (secondary N) is 1. The molecule has 9 heteroatoms. The fourth-order valence-electron chi connectivity index (χ4n) is 2.29. The maximum absolute atomic E-state index is 11.0. The molecule has 0 heterocycles. The molecule has 0 fully saturated rings. The molecule has 0 amide bonds. The molecule has 0 bridgehead atoms. The lowest BCUT2D eigenvalue weighted by atomic mass is 10.1. The normalized spacial score (nSPS) is 9.86. The predicted molar refractivity (Wildman–Crippen MR) is 109 cm³/mol. The van der Waals surface area contributed by atoms with Crippen molar-refractivity contribution in [3.8, 4) is 11.5 Å². The number of benzene rings is 2. The molecule has 0 saturated carbocycles. The second-order valence-electron chi connectivity index (χ2n) is 5.55. The number of aryl methyl sites for hydroxylation is 1. The highest BCUT2D eigenvalue weighted by molar-refractivity contribution is 7.33. The van der Waals surface area contributed by atoms with Crippen LogP contribution in [-0.2, 0) is 20.0 Å². The summed E-state index contributed by atoms with van der Waals surface area (Å²) >= 11 is 0. The van der Waals surface area contributed by atoms with Crippen molar-refractivity contribution in [3.05, 3.63) is 58.1 Å². The van der Waals surface area contributed by atoms with E-state index in [2.05, 4.69) is 21.3 Å². The highest BCUT2D eigenvalue weighted by atomic mass is 31.1. The molecule has 0 unspecified atom stereocenters. The first-order valence-corrected chi connectivity index (χ1v) is 9.89. The molecule has 0 aliphatic rings. The molecule has 0 atom stereocenters. The highest BCUT2D eigenvalue weighted by Gasteiger charge is 2.14. The molecule has 8 nitrogen and oxygen atoms in total. The Hall–Kier alpha value is -2.54. The summed E-state index contributed by atoms with van der Waals surface area (Å²) in [5.41, 5.74) is 1.78. The van der Waals surface area contributed by atoms with Gasteiger partial charge >= 0.3 is 8.25 Å². The molecule has 1 N–H and O–H groups in total. The van der Waals surface area contributed by atoms with E-state index in [0.717, 1.165) is 18.6 Å². The zero-order chi connectivity index (χ0) is 20.9. The van der Waals surface area contributed by atoms with Crippen LogP contribution in [0.5, 0.6) is 11.5 Å². The van der Waals surface area contributed by atoms with Crippen molar-refractivity contribution in [1.29, 1.82) is 0 Å². The van der Waals surface area contributed by atoms with E-state index in [1.54, 1.807) is 12.1 Å². The Kier molecular flexibility index (Phi) is 10.7. The molecular formula is C19H26N2O6P+. The van der Waals surface area contributed by atoms with Crippen molar-refractivity contribution in [2.45, 2.75) is 26.7 Å². The van der Waals surface area contributed by atoms with Gasteiger partial charge in [-0.1, -0.05) is 25.5 Å². The SMILES string of the molecule is CCCc1ccc(Oc2ccc([N+](=O)[O-])c(NCC)c2)cc1.CO[P+](=O)OC. The smallest absolute Gasteiger partial charge is 0.457 e. The largest absolute Gasteiger partial charge is 0.696 e. The Balaban J connectivity index is 0.000000568. The Morgan fingerprint density at radius 3 is 2.11 bits per heavy atom. The molecule has 0 aromatic heterocycles. The maximum atomic E-state index is 11.0. The van der Waals surface area contributed by atoms with Gasteiger partial charge in [0.2, 0.25) is 0 Å². The zero-order valence-corrected chi connectivity index (χ0v) is 17.4. The monoisotopic (exact) mass is 409 g/mol. The van der Waals surface area contributed by atoms with Crippen LogP contribution in [0, 0.1) is 10.1 Å². The van der Waals surface area contributed by atoms with Crippen LogP contribution in [0.2, 0.25) is 0 Å². The summed E-state index contributed by atoms with van der Waals surface area (Å²) in [6.07, 6.45) is 2.15. The summed E-state index contributed by atoms with van der Waals surface area (Å²) in [6.45, 7) is 4.64. The summed E-state index contributed by atoms with van der Waals surface area (Å²) < 4.78 is 24.0. The quantitative estimate of drug-likeness (QED) is 0.322. The Morgan fingerprint density at radius 1 is 1.04 bits per heavy atom. The van der Waals surface area contributed by atoms with Crippen LogP contribution in [-0.4, -0.2) is 25.7 Å². The lowest BCUT2D eigenvalue weighted by molar-refractivity contribution is -0.384. The minimum absolute atomic E-state index is 0.0486. The second-order valence-corrected chi connectivity index (χ2v) is 6.73. The average Bonchev–Trinajstić information content (AvgIpc) is 2.70. The van der Waals surface area contributed by atoms with Gasteiger partial charge in [0.25, 0.3) is 5.69 Å². The molecule has 28 heavy (non-hydrogen) atoms. The first kappa shape index (κ1) is 23.5. The second kappa shape index (κ2) is 12.8. The van der Waals surface area contributed by atoms with Gasteiger partial charge in [0, 0.05) is 23.2 Å². The third kappa shape index (κ3) is 8.00. The molecule has 0 aliphatic heterocycles. The van der Waals surface area contributed by atoms with Crippen molar-refractivity contribution in [1.82, 2.24) is 0 Å². The lowest BCUT2D eigenvalue weighted by Gasteiger charge is -2.09. The highest BCUT2D eigenvalue weighted by Crippen LogP contribution is 2.31. The topological polar surface area (TPSA) is 99.9 Å². The van der Waals surface area contributed by atoms with Crippen LogP contribution in [0.4, 0.5) is 11.4 Å². The van der Waals surface area contributed by atoms with Gasteiger partial charge in [-0.15, -0.1) is 9.05 Å². The minimum Gasteiger partial charge on any atom is -0.457 e. The van der Waals surface area contributed by atoms with Crippen LogP contribution >= 0.6 is 8.25 Å². The molecular weight excluding hydrogens is 383 g/mol. The summed E-state index contributed by atoms with van der Waals surface area (Å²) in [5, 5.41) is 14.0. The molecule has 0 spiro atoms. The van der Waals surface area contributed by atoms with Gasteiger partial charge in [0.1, 0.15) is 17.2 Å². The van der Waals surface area contributed by atoms with Crippen molar-refractivity contribution < 1.29 is 23.3 Å². The van der Waals surface area contributed by atoms with Gasteiger partial charge in [0.05, 0.1) is 19.1 Å². The van der Waals surface area contributed by atoms with Crippen LogP contribution < -0.4 is 10.1 Å². The Bertz CT molecular complexity index is 762. The fourth-order valence-corrected chi connectivity index (χ4v) is 2.44. The Labute approximate surface area is 165 Å². The van der Waals surface area contributed by atoms with Gasteiger partial charge in [-0.2, -0.15) is 0 Å². The van der Waals surface area contributed by atoms with E-state index in [9.17, 15) is 14.7 Å². The average molecular weight is 409 g/mol. The number of nitrogens with zero attached hydrogens (tertiary/aromatic N) is 1. The molecule has 2 rings (SSSR count). The van der Waals surface area contributed by atoms with Crippen molar-refractivity contribution >= 4 is 19.6 Å². The van der Waals surface area contributed by atoms with E-state index < -0.39 is 13.2 Å². The van der Waals surface area contributed by atoms with E-state index in [0.29, 0.717) is 18.0 Å². The van der Waals surface area contributed by atoms with E-state index in [1.807, 2.05) is 31.2 Å². The van der Waals surface area contributed by atoms with Gasteiger partial charge in [-0.05, 0) is 37.1 Å². The number of nitro benzene ring substituents is 1. The third-order valence-corrected chi connectivity index (χ3v) is 4.12. The molecule has 2 aromatic rings. The van der Waals surface area contributed by atoms with Gasteiger partial charge < -0.3 is 10.1 Å². The molecule has 0 radical (unpaired) electrons. The summed E-state index contributed by atoms with van der Waals surface area (Å²) in [4.78, 5) is 10.6. The first-order chi connectivity index (χ1) is 13.4.